The molecule has 2 N–H and O–H groups in total. The zero-order valence-electron chi connectivity index (χ0n) is 20.2. The van der Waals surface area contributed by atoms with Crippen LogP contribution in [0.3, 0.4) is 0 Å². The van der Waals surface area contributed by atoms with Crippen molar-refractivity contribution in [1.82, 2.24) is 15.5 Å². The predicted octanol–water partition coefficient (Wildman–Crippen LogP) is 4.10. The number of ether oxygens (including phenoxy) is 1. The molecule has 0 aliphatic heterocycles. The van der Waals surface area contributed by atoms with Crippen molar-refractivity contribution in [3.63, 3.8) is 0 Å². The van der Waals surface area contributed by atoms with E-state index in [4.69, 9.17) is 4.74 Å². The maximum Gasteiger partial charge on any atom is 0.408 e. The second-order valence-corrected chi connectivity index (χ2v) is 9.18. The monoisotopic (exact) mass is 433 g/mol. The van der Waals surface area contributed by atoms with Gasteiger partial charge in [-0.3, -0.25) is 9.59 Å². The smallest absolute Gasteiger partial charge is 0.408 e. The molecule has 0 heterocycles. The predicted molar refractivity (Wildman–Crippen MR) is 123 cm³/mol. The van der Waals surface area contributed by atoms with E-state index in [0.717, 1.165) is 24.0 Å². The molecule has 1 aromatic rings. The van der Waals surface area contributed by atoms with Crippen LogP contribution in [-0.2, 0) is 14.3 Å². The highest BCUT2D eigenvalue weighted by Gasteiger charge is 2.35. The molecule has 0 saturated carbocycles. The molecule has 3 amide bonds. The third-order valence-corrected chi connectivity index (χ3v) is 4.61. The maximum absolute atomic E-state index is 13.4. The zero-order valence-corrected chi connectivity index (χ0v) is 20.2. The molecule has 174 valence electrons. The van der Waals surface area contributed by atoms with Crippen LogP contribution in [0.2, 0.25) is 0 Å². The van der Waals surface area contributed by atoms with Gasteiger partial charge in [0.15, 0.2) is 0 Å². The Morgan fingerprint density at radius 2 is 1.68 bits per heavy atom. The van der Waals surface area contributed by atoms with Gasteiger partial charge in [-0.2, -0.15) is 0 Å². The molecule has 1 rings (SSSR count). The van der Waals surface area contributed by atoms with Crippen LogP contribution < -0.4 is 10.6 Å². The quantitative estimate of drug-likeness (QED) is 0.614. The number of alkyl carbamates (subject to hydrolysis) is 1. The first-order valence-electron chi connectivity index (χ1n) is 11.0. The van der Waals surface area contributed by atoms with Crippen molar-refractivity contribution in [2.75, 3.05) is 6.54 Å². The Balaban J connectivity index is 3.28. The van der Waals surface area contributed by atoms with E-state index in [9.17, 15) is 14.4 Å². The van der Waals surface area contributed by atoms with Gasteiger partial charge in [-0.25, -0.2) is 4.79 Å². The van der Waals surface area contributed by atoms with Gasteiger partial charge in [0.1, 0.15) is 17.7 Å². The van der Waals surface area contributed by atoms with Crippen molar-refractivity contribution in [1.29, 1.82) is 0 Å². The summed E-state index contributed by atoms with van der Waals surface area (Å²) in [6, 6.07) is 5.87. The Kier molecular flexibility index (Phi) is 10.0. The van der Waals surface area contributed by atoms with Crippen LogP contribution in [0, 0.1) is 6.92 Å². The van der Waals surface area contributed by atoms with E-state index >= 15 is 0 Å². The molecule has 0 radical (unpaired) electrons. The number of unbranched alkanes of at least 4 members (excludes halogenated alkanes) is 1. The molecule has 0 aliphatic carbocycles. The van der Waals surface area contributed by atoms with Gasteiger partial charge in [0.2, 0.25) is 11.8 Å². The summed E-state index contributed by atoms with van der Waals surface area (Å²) in [7, 11) is 0. The SMILES string of the molecule is CCCCN(C(=O)C(C)NC(=O)OC(C)(C)C)C(C(=O)NC(C)C)c1ccccc1C. The van der Waals surface area contributed by atoms with Gasteiger partial charge < -0.3 is 20.3 Å². The summed E-state index contributed by atoms with van der Waals surface area (Å²) in [5, 5.41) is 5.56. The first kappa shape index (κ1) is 26.5. The molecular formula is C24H39N3O4. The maximum atomic E-state index is 13.4. The van der Waals surface area contributed by atoms with Crippen molar-refractivity contribution in [2.45, 2.75) is 92.0 Å². The Morgan fingerprint density at radius 1 is 1.06 bits per heavy atom. The van der Waals surface area contributed by atoms with Gasteiger partial charge in [0, 0.05) is 12.6 Å². The highest BCUT2D eigenvalue weighted by Crippen LogP contribution is 2.26. The Labute approximate surface area is 186 Å². The van der Waals surface area contributed by atoms with E-state index < -0.39 is 23.8 Å². The van der Waals surface area contributed by atoms with Gasteiger partial charge >= 0.3 is 6.09 Å². The van der Waals surface area contributed by atoms with Crippen LogP contribution in [0.1, 0.15) is 78.5 Å². The van der Waals surface area contributed by atoms with Crippen LogP contribution >= 0.6 is 0 Å². The van der Waals surface area contributed by atoms with Gasteiger partial charge in [0.05, 0.1) is 0 Å². The first-order valence-corrected chi connectivity index (χ1v) is 11.0. The second-order valence-electron chi connectivity index (χ2n) is 9.18. The number of carbonyl (C=O) groups is 3. The molecule has 31 heavy (non-hydrogen) atoms. The number of carbonyl (C=O) groups excluding carboxylic acids is 3. The number of hydrogen-bond acceptors (Lipinski definition) is 4. The highest BCUT2D eigenvalue weighted by atomic mass is 16.6. The highest BCUT2D eigenvalue weighted by molar-refractivity contribution is 5.92. The Hall–Kier alpha value is -2.57. The fraction of sp³-hybridized carbons (Fsp3) is 0.625. The van der Waals surface area contributed by atoms with Crippen molar-refractivity contribution in [3.8, 4) is 0 Å². The summed E-state index contributed by atoms with van der Waals surface area (Å²) < 4.78 is 5.28. The molecule has 0 bridgehead atoms. The molecule has 0 fully saturated rings. The van der Waals surface area contributed by atoms with E-state index in [2.05, 4.69) is 10.6 Å². The summed E-state index contributed by atoms with van der Waals surface area (Å²) in [6.45, 7) is 15.0. The standard InChI is InChI=1S/C24H39N3O4/c1-9-10-15-27(22(29)18(5)26-23(30)31-24(6,7)8)20(21(28)25-16(2)3)19-14-12-11-13-17(19)4/h11-14,16,18,20H,9-10,15H2,1-8H3,(H,25,28)(H,26,30). The number of nitrogens with zero attached hydrogens (tertiary/aromatic N) is 1. The Bertz CT molecular complexity index is 755. The zero-order chi connectivity index (χ0) is 23.8. The van der Waals surface area contributed by atoms with Gasteiger partial charge in [-0.05, 0) is 66.0 Å². The number of benzene rings is 1. The summed E-state index contributed by atoms with van der Waals surface area (Å²) in [5.74, 6) is -0.565. The van der Waals surface area contributed by atoms with Crippen LogP contribution in [0.4, 0.5) is 4.79 Å². The van der Waals surface area contributed by atoms with E-state index in [1.165, 1.54) is 0 Å². The van der Waals surface area contributed by atoms with Crippen molar-refractivity contribution >= 4 is 17.9 Å². The van der Waals surface area contributed by atoms with E-state index in [1.807, 2.05) is 52.0 Å². The van der Waals surface area contributed by atoms with E-state index in [0.29, 0.717) is 6.54 Å². The summed E-state index contributed by atoms with van der Waals surface area (Å²) >= 11 is 0. The molecule has 1 aromatic carbocycles. The fourth-order valence-electron chi connectivity index (χ4n) is 3.20. The van der Waals surface area contributed by atoms with Crippen LogP contribution in [0.15, 0.2) is 24.3 Å². The molecule has 2 atom stereocenters. The molecule has 0 saturated heterocycles. The summed E-state index contributed by atoms with van der Waals surface area (Å²) in [5.41, 5.74) is 1.03. The molecule has 0 aliphatic rings. The molecular weight excluding hydrogens is 394 g/mol. The molecule has 7 nitrogen and oxygen atoms in total. The van der Waals surface area contributed by atoms with Gasteiger partial charge in [0.25, 0.3) is 0 Å². The topological polar surface area (TPSA) is 87.7 Å². The lowest BCUT2D eigenvalue weighted by molar-refractivity contribution is -0.142. The third kappa shape index (κ3) is 8.59. The van der Waals surface area contributed by atoms with Gasteiger partial charge in [-0.1, -0.05) is 37.6 Å². The number of hydrogen-bond donors (Lipinski definition) is 2. The molecule has 7 heteroatoms. The minimum absolute atomic E-state index is 0.0699. The average Bonchev–Trinajstić information content (AvgIpc) is 2.63. The average molecular weight is 434 g/mol. The fourth-order valence-corrected chi connectivity index (χ4v) is 3.20. The number of aryl methyl sites for hydroxylation is 1. The van der Waals surface area contributed by atoms with Crippen molar-refractivity contribution < 1.29 is 19.1 Å². The minimum Gasteiger partial charge on any atom is -0.444 e. The van der Waals surface area contributed by atoms with E-state index in [1.54, 1.807) is 32.6 Å². The Morgan fingerprint density at radius 3 is 2.19 bits per heavy atom. The minimum atomic E-state index is -0.843. The third-order valence-electron chi connectivity index (χ3n) is 4.61. The number of amides is 3. The second kappa shape index (κ2) is 11.7. The molecule has 0 aromatic heterocycles. The van der Waals surface area contributed by atoms with Crippen LogP contribution in [-0.4, -0.2) is 47.0 Å². The molecule has 2 unspecified atom stereocenters. The molecule has 0 spiro atoms. The summed E-state index contributed by atoms with van der Waals surface area (Å²) in [6.07, 6.45) is 0.939. The lowest BCUT2D eigenvalue weighted by atomic mass is 9.97. The summed E-state index contributed by atoms with van der Waals surface area (Å²) in [4.78, 5) is 40.4. The first-order chi connectivity index (χ1) is 14.4. The normalized spacial score (nSPS) is 13.3. The van der Waals surface area contributed by atoms with Crippen molar-refractivity contribution in [2.24, 2.45) is 0 Å². The van der Waals surface area contributed by atoms with Crippen LogP contribution in [0.25, 0.3) is 0 Å². The lowest BCUT2D eigenvalue weighted by Crippen LogP contribution is -2.52. The lowest BCUT2D eigenvalue weighted by Gasteiger charge is -2.34. The van der Waals surface area contributed by atoms with Crippen LogP contribution in [0.5, 0.6) is 0 Å². The largest absolute Gasteiger partial charge is 0.444 e. The number of nitrogens with one attached hydrogen (secondary N) is 2. The van der Waals surface area contributed by atoms with Crippen molar-refractivity contribution in [3.05, 3.63) is 35.4 Å². The van der Waals surface area contributed by atoms with E-state index in [-0.39, 0.29) is 17.9 Å². The van der Waals surface area contributed by atoms with Gasteiger partial charge in [-0.15, -0.1) is 0 Å². The number of rotatable bonds is 9.